The summed E-state index contributed by atoms with van der Waals surface area (Å²) in [7, 11) is -3.56. The molecule has 10 heteroatoms. The maximum absolute atomic E-state index is 12.9. The fourth-order valence-corrected chi connectivity index (χ4v) is 3.88. The van der Waals surface area contributed by atoms with E-state index in [0.717, 1.165) is 24.0 Å². The van der Waals surface area contributed by atoms with Crippen LogP contribution in [0.5, 0.6) is 0 Å². The summed E-state index contributed by atoms with van der Waals surface area (Å²) in [6.07, 6.45) is -3.45. The van der Waals surface area contributed by atoms with Crippen molar-refractivity contribution in [1.82, 2.24) is 0 Å². The zero-order valence-corrected chi connectivity index (χ0v) is 17.3. The van der Waals surface area contributed by atoms with Gasteiger partial charge in [-0.25, -0.2) is 8.42 Å². The molecule has 0 bridgehead atoms. The van der Waals surface area contributed by atoms with Crippen molar-refractivity contribution in [2.45, 2.75) is 25.9 Å². The van der Waals surface area contributed by atoms with E-state index in [1.807, 2.05) is 13.0 Å². The molecular formula is C19H20ClF3N2O3S. The molecule has 0 aliphatic carbocycles. The van der Waals surface area contributed by atoms with E-state index in [-0.39, 0.29) is 25.1 Å². The Morgan fingerprint density at radius 3 is 2.45 bits per heavy atom. The fraction of sp³-hybridized carbons (Fsp3) is 0.316. The Morgan fingerprint density at radius 2 is 1.86 bits per heavy atom. The van der Waals surface area contributed by atoms with Gasteiger partial charge < -0.3 is 5.32 Å². The molecule has 0 fully saturated rings. The molecule has 0 saturated carbocycles. The molecule has 0 heterocycles. The first kappa shape index (κ1) is 23.0. The first-order chi connectivity index (χ1) is 13.4. The van der Waals surface area contributed by atoms with Crippen molar-refractivity contribution < 1.29 is 26.4 Å². The number of sulfonamides is 1. The zero-order valence-electron chi connectivity index (χ0n) is 15.8. The molecule has 0 spiro atoms. The van der Waals surface area contributed by atoms with Crippen molar-refractivity contribution in [3.05, 3.63) is 58.6 Å². The minimum atomic E-state index is -4.64. The number of halogens is 4. The molecule has 2 aromatic carbocycles. The average molecular weight is 449 g/mol. The number of amides is 1. The number of benzene rings is 2. The van der Waals surface area contributed by atoms with E-state index in [4.69, 9.17) is 11.6 Å². The second-order valence-corrected chi connectivity index (χ2v) is 8.83. The summed E-state index contributed by atoms with van der Waals surface area (Å²) in [4.78, 5) is 12.1. The van der Waals surface area contributed by atoms with Crippen LogP contribution in [-0.4, -0.2) is 27.1 Å². The Bertz CT molecular complexity index is 994. The first-order valence-corrected chi connectivity index (χ1v) is 10.8. The lowest BCUT2D eigenvalue weighted by Crippen LogP contribution is -2.31. The standard InChI is InChI=1S/C19H20ClF3N2O3S/c1-13-5-3-6-15(11-13)25(29(2,27)28)10-4-7-18(26)24-14-8-9-17(20)16(12-14)19(21,22)23/h3,5-6,8-9,11-12H,4,7,10H2,1-2H3,(H,24,26). The molecule has 0 saturated heterocycles. The number of carbonyl (C=O) groups excluding carboxylic acids is 1. The highest BCUT2D eigenvalue weighted by molar-refractivity contribution is 7.92. The van der Waals surface area contributed by atoms with Gasteiger partial charge in [-0.1, -0.05) is 23.7 Å². The SMILES string of the molecule is Cc1cccc(N(CCCC(=O)Nc2ccc(Cl)c(C(F)(F)F)c2)S(C)(=O)=O)c1. The Balaban J connectivity index is 2.01. The van der Waals surface area contributed by atoms with Gasteiger partial charge in [-0.2, -0.15) is 13.2 Å². The van der Waals surface area contributed by atoms with Crippen LogP contribution in [-0.2, 0) is 21.0 Å². The van der Waals surface area contributed by atoms with Crippen molar-refractivity contribution in [2.75, 3.05) is 22.4 Å². The fourth-order valence-electron chi connectivity index (χ4n) is 2.70. The van der Waals surface area contributed by atoms with Crippen LogP contribution in [0.1, 0.15) is 24.0 Å². The van der Waals surface area contributed by atoms with E-state index in [1.54, 1.807) is 18.2 Å². The number of alkyl halides is 3. The monoisotopic (exact) mass is 448 g/mol. The Morgan fingerprint density at radius 1 is 1.17 bits per heavy atom. The van der Waals surface area contributed by atoms with Gasteiger partial charge in [0.05, 0.1) is 22.5 Å². The number of hydrogen-bond acceptors (Lipinski definition) is 3. The van der Waals surface area contributed by atoms with Gasteiger partial charge >= 0.3 is 6.18 Å². The van der Waals surface area contributed by atoms with Crippen molar-refractivity contribution in [2.24, 2.45) is 0 Å². The minimum absolute atomic E-state index is 0.0367. The number of aryl methyl sites for hydroxylation is 1. The van der Waals surface area contributed by atoms with Gasteiger partial charge in [0.1, 0.15) is 0 Å². The van der Waals surface area contributed by atoms with Gasteiger partial charge in [0.15, 0.2) is 0 Å². The maximum Gasteiger partial charge on any atom is 0.417 e. The lowest BCUT2D eigenvalue weighted by atomic mass is 10.2. The molecule has 0 aliphatic rings. The third kappa shape index (κ3) is 6.64. The van der Waals surface area contributed by atoms with Crippen LogP contribution in [0.4, 0.5) is 24.5 Å². The lowest BCUT2D eigenvalue weighted by Gasteiger charge is -2.22. The van der Waals surface area contributed by atoms with Crippen LogP contribution < -0.4 is 9.62 Å². The van der Waals surface area contributed by atoms with Gasteiger partial charge in [0.25, 0.3) is 0 Å². The largest absolute Gasteiger partial charge is 0.417 e. The van der Waals surface area contributed by atoms with E-state index < -0.39 is 32.7 Å². The summed E-state index contributed by atoms with van der Waals surface area (Å²) >= 11 is 5.55. The van der Waals surface area contributed by atoms with Crippen molar-refractivity contribution in [3.8, 4) is 0 Å². The summed E-state index contributed by atoms with van der Waals surface area (Å²) in [5, 5.41) is 1.92. The molecule has 1 amide bonds. The summed E-state index contributed by atoms with van der Waals surface area (Å²) in [6.45, 7) is 1.89. The summed E-state index contributed by atoms with van der Waals surface area (Å²) in [6, 6.07) is 10.0. The molecule has 0 aliphatic heterocycles. The van der Waals surface area contributed by atoms with Crippen molar-refractivity contribution in [3.63, 3.8) is 0 Å². The van der Waals surface area contributed by atoms with Crippen molar-refractivity contribution >= 4 is 38.9 Å². The molecular weight excluding hydrogens is 429 g/mol. The van der Waals surface area contributed by atoms with E-state index in [1.165, 1.54) is 10.4 Å². The topological polar surface area (TPSA) is 66.5 Å². The highest BCUT2D eigenvalue weighted by atomic mass is 35.5. The van der Waals surface area contributed by atoms with Crippen LogP contribution >= 0.6 is 11.6 Å². The maximum atomic E-state index is 12.9. The van der Waals surface area contributed by atoms with Crippen LogP contribution in [0, 0.1) is 6.92 Å². The van der Waals surface area contributed by atoms with E-state index in [9.17, 15) is 26.4 Å². The van der Waals surface area contributed by atoms with Crippen LogP contribution in [0.3, 0.4) is 0 Å². The first-order valence-electron chi connectivity index (χ1n) is 8.59. The van der Waals surface area contributed by atoms with E-state index in [0.29, 0.717) is 5.69 Å². The van der Waals surface area contributed by atoms with Crippen molar-refractivity contribution in [1.29, 1.82) is 0 Å². The van der Waals surface area contributed by atoms with Gasteiger partial charge in [0, 0.05) is 18.7 Å². The molecule has 0 unspecified atom stereocenters. The van der Waals surface area contributed by atoms with Crippen LogP contribution in [0.15, 0.2) is 42.5 Å². The lowest BCUT2D eigenvalue weighted by molar-refractivity contribution is -0.137. The molecule has 29 heavy (non-hydrogen) atoms. The molecule has 2 aromatic rings. The third-order valence-corrected chi connectivity index (χ3v) is 5.53. The Labute approximate surface area is 172 Å². The number of anilines is 2. The van der Waals surface area contributed by atoms with Gasteiger partial charge in [-0.15, -0.1) is 0 Å². The number of hydrogen-bond donors (Lipinski definition) is 1. The highest BCUT2D eigenvalue weighted by Gasteiger charge is 2.33. The number of carbonyl (C=O) groups is 1. The Hall–Kier alpha value is -2.26. The van der Waals surface area contributed by atoms with Crippen LogP contribution in [0.2, 0.25) is 5.02 Å². The number of rotatable bonds is 7. The molecule has 0 aromatic heterocycles. The molecule has 0 atom stereocenters. The quantitative estimate of drug-likeness (QED) is 0.658. The molecule has 5 nitrogen and oxygen atoms in total. The van der Waals surface area contributed by atoms with Crippen LogP contribution in [0.25, 0.3) is 0 Å². The predicted molar refractivity (Wildman–Crippen MR) is 108 cm³/mol. The normalized spacial score (nSPS) is 11.9. The van der Waals surface area contributed by atoms with Gasteiger partial charge in [-0.05, 0) is 49.2 Å². The zero-order chi connectivity index (χ0) is 21.8. The highest BCUT2D eigenvalue weighted by Crippen LogP contribution is 2.36. The summed E-state index contributed by atoms with van der Waals surface area (Å²) in [5.41, 5.74) is 0.294. The number of nitrogens with zero attached hydrogens (tertiary/aromatic N) is 1. The summed E-state index contributed by atoms with van der Waals surface area (Å²) in [5.74, 6) is -0.529. The second kappa shape index (κ2) is 9.04. The van der Waals surface area contributed by atoms with E-state index >= 15 is 0 Å². The smallest absolute Gasteiger partial charge is 0.326 e. The van der Waals surface area contributed by atoms with Gasteiger partial charge in [-0.3, -0.25) is 9.10 Å². The van der Waals surface area contributed by atoms with Gasteiger partial charge in [0.2, 0.25) is 15.9 Å². The molecule has 158 valence electrons. The second-order valence-electron chi connectivity index (χ2n) is 6.52. The molecule has 1 N–H and O–H groups in total. The molecule has 0 radical (unpaired) electrons. The average Bonchev–Trinajstić information content (AvgIpc) is 2.58. The summed E-state index contributed by atoms with van der Waals surface area (Å²) < 4.78 is 64.0. The van der Waals surface area contributed by atoms with E-state index in [2.05, 4.69) is 5.32 Å². The number of nitrogens with one attached hydrogen (secondary N) is 1. The Kier molecular flexibility index (Phi) is 7.18. The molecule has 2 rings (SSSR count). The predicted octanol–water partition coefficient (Wildman–Crippen LogP) is 4.85. The minimum Gasteiger partial charge on any atom is -0.326 e. The third-order valence-electron chi connectivity index (χ3n) is 4.01.